The third-order valence-electron chi connectivity index (χ3n) is 2.40. The fourth-order valence-electron chi connectivity index (χ4n) is 1.54. The minimum atomic E-state index is -2.24. The van der Waals surface area contributed by atoms with Gasteiger partial charge in [-0.1, -0.05) is 20.3 Å². The first-order chi connectivity index (χ1) is 7.69. The van der Waals surface area contributed by atoms with Crippen molar-refractivity contribution in [2.75, 3.05) is 0 Å². The van der Waals surface area contributed by atoms with Crippen LogP contribution in [-0.4, -0.2) is 18.3 Å². The Bertz CT molecular complexity index is 341. The lowest BCUT2D eigenvalue weighted by Gasteiger charge is -2.15. The highest BCUT2D eigenvalue weighted by molar-refractivity contribution is 7.74. The first-order valence-corrected chi connectivity index (χ1v) is 6.50. The van der Waals surface area contributed by atoms with Crippen molar-refractivity contribution in [3.05, 3.63) is 18.2 Å². The van der Waals surface area contributed by atoms with E-state index in [1.807, 2.05) is 11.5 Å². The fraction of sp³-hybridized carbons (Fsp3) is 0.700. The zero-order chi connectivity index (χ0) is 12.0. The van der Waals surface area contributed by atoms with E-state index in [0.717, 1.165) is 25.1 Å². The first-order valence-electron chi connectivity index (χ1n) is 5.47. The van der Waals surface area contributed by atoms with Gasteiger partial charge in [0.2, 0.25) is 0 Å². The van der Waals surface area contributed by atoms with Crippen LogP contribution in [0.15, 0.2) is 12.5 Å². The summed E-state index contributed by atoms with van der Waals surface area (Å²) in [5.74, 6) is 0. The van der Waals surface area contributed by atoms with Gasteiger partial charge in [0.25, 0.3) is 0 Å². The molecule has 6 heteroatoms. The van der Waals surface area contributed by atoms with Crippen molar-refractivity contribution < 1.29 is 12.9 Å². The lowest BCUT2D eigenvalue weighted by molar-refractivity contribution is 0.193. The van der Waals surface area contributed by atoms with Crippen LogP contribution in [0.5, 0.6) is 0 Å². The van der Waals surface area contributed by atoms with Crippen molar-refractivity contribution in [3.63, 3.8) is 0 Å². The van der Waals surface area contributed by atoms with Gasteiger partial charge in [0.1, 0.15) is 6.10 Å². The maximum Gasteiger partial charge on any atom is 0.302 e. The second kappa shape index (κ2) is 6.78. The highest BCUT2D eigenvalue weighted by atomic mass is 32.2. The number of hydrogen-bond donors (Lipinski definition) is 1. The number of rotatable bonds is 7. The average molecular weight is 246 g/mol. The van der Waals surface area contributed by atoms with Crippen LogP contribution in [-0.2, 0) is 22.1 Å². The van der Waals surface area contributed by atoms with Gasteiger partial charge in [-0.15, -0.1) is 0 Å². The molecule has 1 heterocycles. The molecule has 16 heavy (non-hydrogen) atoms. The fourth-order valence-corrected chi connectivity index (χ4v) is 1.97. The molecule has 0 saturated carbocycles. The molecule has 0 amide bonds. The van der Waals surface area contributed by atoms with Crippen LogP contribution < -0.4 is 0 Å². The van der Waals surface area contributed by atoms with Crippen molar-refractivity contribution in [2.24, 2.45) is 0 Å². The van der Waals surface area contributed by atoms with Crippen LogP contribution in [0.2, 0.25) is 0 Å². The van der Waals surface area contributed by atoms with Crippen molar-refractivity contribution >= 4 is 11.4 Å². The van der Waals surface area contributed by atoms with Crippen molar-refractivity contribution in [3.8, 4) is 0 Å². The summed E-state index contributed by atoms with van der Waals surface area (Å²) >= 11 is -2.24. The highest BCUT2D eigenvalue weighted by Crippen LogP contribution is 2.21. The van der Waals surface area contributed by atoms with Gasteiger partial charge in [-0.2, -0.15) is 4.21 Å². The van der Waals surface area contributed by atoms with Crippen molar-refractivity contribution in [2.45, 2.75) is 45.8 Å². The van der Waals surface area contributed by atoms with Crippen LogP contribution >= 0.6 is 0 Å². The molecule has 1 rings (SSSR count). The molecule has 0 fully saturated rings. The van der Waals surface area contributed by atoms with E-state index < -0.39 is 11.4 Å². The van der Waals surface area contributed by atoms with Crippen LogP contribution in [0.4, 0.5) is 0 Å². The van der Waals surface area contributed by atoms with E-state index in [1.54, 1.807) is 12.5 Å². The van der Waals surface area contributed by atoms with Gasteiger partial charge in [0.05, 0.1) is 18.2 Å². The third kappa shape index (κ3) is 3.70. The molecule has 0 aromatic carbocycles. The van der Waals surface area contributed by atoms with E-state index in [-0.39, 0.29) is 6.10 Å². The van der Waals surface area contributed by atoms with Crippen LogP contribution in [0, 0.1) is 0 Å². The molecule has 5 nitrogen and oxygen atoms in total. The Balaban J connectivity index is 2.75. The van der Waals surface area contributed by atoms with E-state index in [9.17, 15) is 4.21 Å². The molecule has 0 saturated heterocycles. The molecule has 0 spiro atoms. The molecule has 0 radical (unpaired) electrons. The maximum absolute atomic E-state index is 10.6. The molecule has 92 valence electrons. The topological polar surface area (TPSA) is 64.4 Å². The maximum atomic E-state index is 10.6. The summed E-state index contributed by atoms with van der Waals surface area (Å²) in [5, 5.41) is 0. The number of nitrogens with zero attached hydrogens (tertiary/aromatic N) is 2. The summed E-state index contributed by atoms with van der Waals surface area (Å²) < 4.78 is 26.3. The number of aryl methyl sites for hydroxylation is 1. The van der Waals surface area contributed by atoms with Crippen LogP contribution in [0.1, 0.15) is 44.9 Å². The molecule has 0 bridgehead atoms. The Hall–Kier alpha value is -0.720. The molecule has 2 unspecified atom stereocenters. The molecule has 2 atom stereocenters. The summed E-state index contributed by atoms with van der Waals surface area (Å²) in [5.41, 5.74) is 0.860. The molecular formula is C10H18N2O3S. The van der Waals surface area contributed by atoms with Crippen LogP contribution in [0.3, 0.4) is 0 Å². The predicted octanol–water partition coefficient (Wildman–Crippen LogP) is 2.29. The molecular weight excluding hydrogens is 228 g/mol. The number of aromatic nitrogens is 2. The molecule has 0 aliphatic heterocycles. The second-order valence-corrected chi connectivity index (χ2v) is 4.20. The molecule has 1 aromatic heterocycles. The SMILES string of the molecule is CCCCn1cncc1C(CC)OS(=O)O. The van der Waals surface area contributed by atoms with Crippen molar-refractivity contribution in [1.29, 1.82) is 0 Å². The summed E-state index contributed by atoms with van der Waals surface area (Å²) in [6.07, 6.45) is 5.85. The number of hydrogen-bond acceptors (Lipinski definition) is 3. The largest absolute Gasteiger partial charge is 0.332 e. The Kier molecular flexibility index (Phi) is 5.65. The Morgan fingerprint density at radius 1 is 1.62 bits per heavy atom. The van der Waals surface area contributed by atoms with E-state index in [2.05, 4.69) is 11.9 Å². The van der Waals surface area contributed by atoms with Gasteiger partial charge in [0.15, 0.2) is 0 Å². The van der Waals surface area contributed by atoms with E-state index in [4.69, 9.17) is 8.74 Å². The van der Waals surface area contributed by atoms with E-state index in [0.29, 0.717) is 6.42 Å². The molecule has 1 N–H and O–H groups in total. The Morgan fingerprint density at radius 2 is 2.38 bits per heavy atom. The molecule has 0 aliphatic carbocycles. The van der Waals surface area contributed by atoms with Gasteiger partial charge >= 0.3 is 11.4 Å². The normalized spacial score (nSPS) is 14.9. The Morgan fingerprint density at radius 3 is 2.94 bits per heavy atom. The van der Waals surface area contributed by atoms with Gasteiger partial charge in [-0.3, -0.25) is 8.74 Å². The van der Waals surface area contributed by atoms with E-state index in [1.165, 1.54) is 0 Å². The highest BCUT2D eigenvalue weighted by Gasteiger charge is 2.17. The summed E-state index contributed by atoms with van der Waals surface area (Å²) in [6.45, 7) is 4.89. The Labute approximate surface area is 98.3 Å². The van der Waals surface area contributed by atoms with Gasteiger partial charge in [-0.05, 0) is 12.8 Å². The minimum Gasteiger partial charge on any atom is -0.332 e. The van der Waals surface area contributed by atoms with E-state index >= 15 is 0 Å². The predicted molar refractivity (Wildman–Crippen MR) is 62.0 cm³/mol. The zero-order valence-electron chi connectivity index (χ0n) is 9.63. The van der Waals surface area contributed by atoms with Gasteiger partial charge < -0.3 is 4.57 Å². The van der Waals surface area contributed by atoms with Gasteiger partial charge in [-0.25, -0.2) is 4.98 Å². The average Bonchev–Trinajstić information content (AvgIpc) is 2.70. The first kappa shape index (κ1) is 13.3. The molecule has 1 aromatic rings. The monoisotopic (exact) mass is 246 g/mol. The molecule has 0 aliphatic rings. The zero-order valence-corrected chi connectivity index (χ0v) is 10.4. The number of unbranched alkanes of at least 4 members (excludes halogenated alkanes) is 1. The summed E-state index contributed by atoms with van der Waals surface area (Å²) in [7, 11) is 0. The number of imidazole rings is 1. The lowest BCUT2D eigenvalue weighted by Crippen LogP contribution is -2.11. The van der Waals surface area contributed by atoms with Crippen molar-refractivity contribution in [1.82, 2.24) is 9.55 Å². The third-order valence-corrected chi connectivity index (χ3v) is 2.79. The standard InChI is InChI=1S/C10H18N2O3S/c1-3-5-6-12-8-11-7-9(12)10(4-2)15-16(13)14/h7-8,10H,3-6H2,1-2H3,(H,13,14). The smallest absolute Gasteiger partial charge is 0.302 e. The summed E-state index contributed by atoms with van der Waals surface area (Å²) in [4.78, 5) is 4.05. The van der Waals surface area contributed by atoms with Crippen LogP contribution in [0.25, 0.3) is 0 Å². The lowest BCUT2D eigenvalue weighted by atomic mass is 10.2. The summed E-state index contributed by atoms with van der Waals surface area (Å²) in [6, 6.07) is 0. The minimum absolute atomic E-state index is 0.370. The quantitative estimate of drug-likeness (QED) is 0.750. The second-order valence-electron chi connectivity index (χ2n) is 3.58. The van der Waals surface area contributed by atoms with Gasteiger partial charge in [0, 0.05) is 6.54 Å².